The number of rotatable bonds is 3. The molecule has 3 nitrogen and oxygen atoms in total. The van der Waals surface area contributed by atoms with Gasteiger partial charge in [0.2, 0.25) is 0 Å². The number of nitrogens with zero attached hydrogens (tertiary/aromatic N) is 1. The van der Waals surface area contributed by atoms with Gasteiger partial charge in [-0.2, -0.15) is 0 Å². The average molecular weight is 269 g/mol. The molecule has 0 saturated heterocycles. The lowest BCUT2D eigenvalue weighted by molar-refractivity contribution is 0.199. The zero-order valence-electron chi connectivity index (χ0n) is 12.3. The molecule has 0 aliphatic heterocycles. The molecule has 1 aliphatic rings. The lowest BCUT2D eigenvalue weighted by Gasteiger charge is -2.34. The Morgan fingerprint density at radius 2 is 2.20 bits per heavy atom. The largest absolute Gasteiger partial charge is 0.271 e. The Kier molecular flexibility index (Phi) is 3.48. The molecule has 1 saturated carbocycles. The highest BCUT2D eigenvalue weighted by atomic mass is 15.2. The van der Waals surface area contributed by atoms with E-state index < -0.39 is 0 Å². The van der Waals surface area contributed by atoms with Crippen molar-refractivity contribution in [1.29, 1.82) is 0 Å². The van der Waals surface area contributed by atoms with E-state index in [1.807, 2.05) is 12.4 Å². The van der Waals surface area contributed by atoms with Crippen LogP contribution in [0.25, 0.3) is 10.8 Å². The van der Waals surface area contributed by atoms with Gasteiger partial charge in [0.15, 0.2) is 0 Å². The normalized spacial score (nSPS) is 23.1. The number of hydrogen-bond donors (Lipinski definition) is 2. The van der Waals surface area contributed by atoms with Crippen LogP contribution in [0.3, 0.4) is 0 Å². The van der Waals surface area contributed by atoms with Crippen LogP contribution in [-0.2, 0) is 0 Å². The van der Waals surface area contributed by atoms with Gasteiger partial charge in [-0.15, -0.1) is 0 Å². The maximum atomic E-state index is 5.93. The molecule has 1 heterocycles. The second-order valence-corrected chi connectivity index (χ2v) is 6.58. The minimum atomic E-state index is 0.195. The third-order valence-corrected chi connectivity index (χ3v) is 4.97. The predicted octanol–water partition coefficient (Wildman–Crippen LogP) is 3.57. The van der Waals surface area contributed by atoms with Crippen LogP contribution in [0.15, 0.2) is 36.7 Å². The van der Waals surface area contributed by atoms with Crippen molar-refractivity contribution >= 4 is 10.8 Å². The Morgan fingerprint density at radius 3 is 2.90 bits per heavy atom. The van der Waals surface area contributed by atoms with Crippen LogP contribution in [0.1, 0.15) is 44.7 Å². The number of pyridine rings is 1. The van der Waals surface area contributed by atoms with Crippen LogP contribution in [0, 0.1) is 11.3 Å². The van der Waals surface area contributed by atoms with Crippen molar-refractivity contribution in [2.75, 3.05) is 0 Å². The number of hydrogen-bond acceptors (Lipinski definition) is 3. The summed E-state index contributed by atoms with van der Waals surface area (Å²) < 4.78 is 0. The van der Waals surface area contributed by atoms with Gasteiger partial charge < -0.3 is 0 Å². The highest BCUT2D eigenvalue weighted by Crippen LogP contribution is 2.49. The summed E-state index contributed by atoms with van der Waals surface area (Å²) in [4.78, 5) is 4.28. The summed E-state index contributed by atoms with van der Waals surface area (Å²) in [5.74, 6) is 6.49. The second-order valence-electron chi connectivity index (χ2n) is 6.58. The van der Waals surface area contributed by atoms with E-state index in [4.69, 9.17) is 5.84 Å². The quantitative estimate of drug-likeness (QED) is 0.661. The predicted molar refractivity (Wildman–Crippen MR) is 82.9 cm³/mol. The molecule has 0 amide bonds. The summed E-state index contributed by atoms with van der Waals surface area (Å²) in [5.41, 5.74) is 4.69. The molecule has 0 radical (unpaired) electrons. The number of aromatic nitrogens is 1. The Labute approximate surface area is 120 Å². The van der Waals surface area contributed by atoms with Crippen LogP contribution in [0.4, 0.5) is 0 Å². The molecular weight excluding hydrogens is 246 g/mol. The Hall–Kier alpha value is -1.45. The summed E-state index contributed by atoms with van der Waals surface area (Å²) in [6.45, 7) is 4.72. The number of hydrazine groups is 1. The van der Waals surface area contributed by atoms with Crippen molar-refractivity contribution < 1.29 is 0 Å². The minimum absolute atomic E-state index is 0.195. The molecular formula is C17H23N3. The second kappa shape index (κ2) is 5.15. The smallest absolute Gasteiger partial charge is 0.0499 e. The van der Waals surface area contributed by atoms with E-state index in [-0.39, 0.29) is 6.04 Å². The fraction of sp³-hybridized carbons (Fsp3) is 0.471. The molecule has 1 aromatic carbocycles. The lowest BCUT2D eigenvalue weighted by Crippen LogP contribution is -2.37. The van der Waals surface area contributed by atoms with Gasteiger partial charge in [-0.05, 0) is 41.2 Å². The first kappa shape index (κ1) is 13.5. The molecule has 0 spiro atoms. The topological polar surface area (TPSA) is 50.9 Å². The molecule has 2 unspecified atom stereocenters. The highest BCUT2D eigenvalue weighted by molar-refractivity contribution is 5.85. The number of nitrogens with one attached hydrogen (secondary N) is 1. The third kappa shape index (κ3) is 2.21. The van der Waals surface area contributed by atoms with E-state index >= 15 is 0 Å². The van der Waals surface area contributed by atoms with Gasteiger partial charge in [0.05, 0.1) is 0 Å². The van der Waals surface area contributed by atoms with Crippen molar-refractivity contribution in [2.45, 2.75) is 39.2 Å². The summed E-state index contributed by atoms with van der Waals surface area (Å²) in [5, 5.41) is 2.44. The molecule has 2 aromatic rings. The molecule has 20 heavy (non-hydrogen) atoms. The summed E-state index contributed by atoms with van der Waals surface area (Å²) in [7, 11) is 0. The van der Waals surface area contributed by atoms with Crippen LogP contribution >= 0.6 is 0 Å². The van der Waals surface area contributed by atoms with E-state index in [1.165, 1.54) is 35.6 Å². The van der Waals surface area contributed by atoms with Gasteiger partial charge in [-0.3, -0.25) is 16.3 Å². The fourth-order valence-corrected chi connectivity index (χ4v) is 3.80. The van der Waals surface area contributed by atoms with E-state index in [2.05, 4.69) is 48.5 Å². The van der Waals surface area contributed by atoms with Crippen molar-refractivity contribution in [3.63, 3.8) is 0 Å². The maximum absolute atomic E-state index is 5.93. The SMILES string of the molecule is CC1(C)CCCC1C(NN)c1cccc2ccncc12. The molecule has 106 valence electrons. The van der Waals surface area contributed by atoms with Gasteiger partial charge in [0.1, 0.15) is 0 Å². The maximum Gasteiger partial charge on any atom is 0.0499 e. The lowest BCUT2D eigenvalue weighted by atomic mass is 9.75. The third-order valence-electron chi connectivity index (χ3n) is 4.97. The van der Waals surface area contributed by atoms with Crippen LogP contribution in [-0.4, -0.2) is 4.98 Å². The number of benzene rings is 1. The van der Waals surface area contributed by atoms with Gasteiger partial charge in [0, 0.05) is 23.8 Å². The first-order valence-corrected chi connectivity index (χ1v) is 7.42. The van der Waals surface area contributed by atoms with Crippen molar-refractivity contribution in [3.8, 4) is 0 Å². The molecule has 3 rings (SSSR count). The Balaban J connectivity index is 2.08. The molecule has 2 atom stereocenters. The molecule has 1 aromatic heterocycles. The Bertz CT molecular complexity index is 601. The van der Waals surface area contributed by atoms with E-state index in [9.17, 15) is 0 Å². The number of nitrogens with two attached hydrogens (primary N) is 1. The highest BCUT2D eigenvalue weighted by Gasteiger charge is 2.40. The zero-order valence-corrected chi connectivity index (χ0v) is 12.3. The standard InChI is InChI=1S/C17H23N3/c1-17(2)9-4-7-15(17)16(20-18)13-6-3-5-12-8-10-19-11-14(12)13/h3,5-6,8,10-11,15-16,20H,4,7,9,18H2,1-2H3. The van der Waals surface area contributed by atoms with Crippen LogP contribution < -0.4 is 11.3 Å². The molecule has 1 aliphatic carbocycles. The van der Waals surface area contributed by atoms with Gasteiger partial charge in [-0.25, -0.2) is 0 Å². The van der Waals surface area contributed by atoms with Crippen molar-refractivity contribution in [1.82, 2.24) is 10.4 Å². The van der Waals surface area contributed by atoms with Gasteiger partial charge >= 0.3 is 0 Å². The average Bonchev–Trinajstić information content (AvgIpc) is 2.80. The summed E-state index contributed by atoms with van der Waals surface area (Å²) in [6, 6.07) is 8.69. The van der Waals surface area contributed by atoms with Crippen LogP contribution in [0.5, 0.6) is 0 Å². The summed E-state index contributed by atoms with van der Waals surface area (Å²) in [6.07, 6.45) is 7.60. The zero-order chi connectivity index (χ0) is 14.2. The van der Waals surface area contributed by atoms with Crippen molar-refractivity contribution in [2.24, 2.45) is 17.2 Å². The monoisotopic (exact) mass is 269 g/mol. The van der Waals surface area contributed by atoms with E-state index in [0.717, 1.165) is 0 Å². The Morgan fingerprint density at radius 1 is 1.35 bits per heavy atom. The summed E-state index contributed by atoms with van der Waals surface area (Å²) >= 11 is 0. The first-order chi connectivity index (χ1) is 9.63. The molecule has 1 fully saturated rings. The number of fused-ring (bicyclic) bond motifs is 1. The van der Waals surface area contributed by atoms with Gasteiger partial charge in [-0.1, -0.05) is 38.5 Å². The minimum Gasteiger partial charge on any atom is -0.271 e. The molecule has 0 bridgehead atoms. The molecule has 3 heteroatoms. The van der Waals surface area contributed by atoms with Crippen molar-refractivity contribution in [3.05, 3.63) is 42.2 Å². The van der Waals surface area contributed by atoms with Gasteiger partial charge in [0.25, 0.3) is 0 Å². The fourth-order valence-electron chi connectivity index (χ4n) is 3.80. The van der Waals surface area contributed by atoms with E-state index in [0.29, 0.717) is 11.3 Å². The first-order valence-electron chi connectivity index (χ1n) is 7.42. The molecule has 3 N–H and O–H groups in total. The van der Waals surface area contributed by atoms with E-state index in [1.54, 1.807) is 0 Å². The van der Waals surface area contributed by atoms with Crippen LogP contribution in [0.2, 0.25) is 0 Å².